The first kappa shape index (κ1) is 15.5. The Kier molecular flexibility index (Phi) is 4.59. The number of rotatable bonds is 4. The van der Waals surface area contributed by atoms with E-state index in [2.05, 4.69) is 4.18 Å². The second-order valence-corrected chi connectivity index (χ2v) is 5.15. The van der Waals surface area contributed by atoms with Crippen LogP contribution in [0.25, 0.3) is 0 Å². The lowest BCUT2D eigenvalue weighted by atomic mass is 10.2. The number of halogens is 3. The summed E-state index contributed by atoms with van der Waals surface area (Å²) in [5.74, 6) is -1.77. The number of aryl methyl sites for hydroxylation is 1. The summed E-state index contributed by atoms with van der Waals surface area (Å²) in [4.78, 5) is -0.397. The third-order valence-corrected chi connectivity index (χ3v) is 3.31. The Balaban J connectivity index is 3.08. The number of benzene rings is 1. The molecule has 106 valence electrons. The van der Waals surface area contributed by atoms with Crippen molar-refractivity contribution in [2.45, 2.75) is 18.0 Å². The zero-order valence-corrected chi connectivity index (χ0v) is 10.6. The summed E-state index contributed by atoms with van der Waals surface area (Å²) in [5.41, 5.74) is 0.751. The first-order valence-electron chi connectivity index (χ1n) is 5.06. The number of allylic oxidation sites excluding steroid dienone is 1. The molecule has 0 saturated heterocycles. The van der Waals surface area contributed by atoms with Crippen LogP contribution >= 0.6 is 0 Å². The predicted octanol–water partition coefficient (Wildman–Crippen LogP) is 2.14. The molecular weight excluding hydrogens is 285 g/mol. The highest BCUT2D eigenvalue weighted by atomic mass is 32.2. The monoisotopic (exact) mass is 296 g/mol. The standard InChI is InChI=1S/C11H11F3O4S/c1-8-2-4-9(5-3-8)19(16,17)18-10(6-7-15)11(12,13)14/h2-6,15H,7H2,1H3/b10-6+. The molecule has 0 fully saturated rings. The van der Waals surface area contributed by atoms with Crippen molar-refractivity contribution < 1.29 is 30.9 Å². The lowest BCUT2D eigenvalue weighted by Crippen LogP contribution is -2.19. The second kappa shape index (κ2) is 5.62. The van der Waals surface area contributed by atoms with Crippen molar-refractivity contribution in [1.29, 1.82) is 0 Å². The van der Waals surface area contributed by atoms with Crippen LogP contribution in [0.4, 0.5) is 13.2 Å². The Labute approximate surface area is 108 Å². The minimum absolute atomic E-state index is 0.242. The highest BCUT2D eigenvalue weighted by Crippen LogP contribution is 2.29. The molecule has 0 unspecified atom stereocenters. The SMILES string of the molecule is Cc1ccc(S(=O)(=O)O/C(=C/CO)C(F)(F)F)cc1. The summed E-state index contributed by atoms with van der Waals surface area (Å²) >= 11 is 0. The maximum absolute atomic E-state index is 12.4. The number of aliphatic hydroxyl groups excluding tert-OH is 1. The van der Waals surface area contributed by atoms with E-state index in [-0.39, 0.29) is 6.08 Å². The summed E-state index contributed by atoms with van der Waals surface area (Å²) in [6.45, 7) is 0.711. The lowest BCUT2D eigenvalue weighted by molar-refractivity contribution is -0.116. The fourth-order valence-electron chi connectivity index (χ4n) is 1.15. The van der Waals surface area contributed by atoms with Crippen LogP contribution < -0.4 is 0 Å². The molecule has 0 aliphatic heterocycles. The Hall–Kier alpha value is -1.54. The van der Waals surface area contributed by atoms with Gasteiger partial charge in [-0.3, -0.25) is 0 Å². The molecule has 1 rings (SSSR count). The quantitative estimate of drug-likeness (QED) is 0.683. The van der Waals surface area contributed by atoms with Crippen LogP contribution in [0.3, 0.4) is 0 Å². The molecule has 0 amide bonds. The predicted molar refractivity (Wildman–Crippen MR) is 60.7 cm³/mol. The first-order valence-corrected chi connectivity index (χ1v) is 6.47. The van der Waals surface area contributed by atoms with Crippen molar-refractivity contribution in [3.63, 3.8) is 0 Å². The van der Waals surface area contributed by atoms with Gasteiger partial charge in [0.25, 0.3) is 0 Å². The highest BCUT2D eigenvalue weighted by molar-refractivity contribution is 7.86. The number of hydrogen-bond donors (Lipinski definition) is 1. The summed E-state index contributed by atoms with van der Waals surface area (Å²) in [6, 6.07) is 5.13. The van der Waals surface area contributed by atoms with Gasteiger partial charge in [-0.25, -0.2) is 0 Å². The molecular formula is C11H11F3O4S. The van der Waals surface area contributed by atoms with Gasteiger partial charge in [0, 0.05) is 0 Å². The summed E-state index contributed by atoms with van der Waals surface area (Å²) < 4.78 is 64.6. The third-order valence-electron chi connectivity index (χ3n) is 2.07. The van der Waals surface area contributed by atoms with Gasteiger partial charge in [0.2, 0.25) is 5.76 Å². The molecule has 0 aliphatic carbocycles. The second-order valence-electron chi connectivity index (χ2n) is 3.60. The molecule has 0 aromatic heterocycles. The van der Waals surface area contributed by atoms with Gasteiger partial charge in [-0.05, 0) is 25.1 Å². The zero-order valence-electron chi connectivity index (χ0n) is 9.81. The normalized spacial score (nSPS) is 13.4. The molecule has 0 saturated carbocycles. The maximum atomic E-state index is 12.4. The lowest BCUT2D eigenvalue weighted by Gasteiger charge is -2.13. The molecule has 1 N–H and O–H groups in total. The average molecular weight is 296 g/mol. The van der Waals surface area contributed by atoms with E-state index >= 15 is 0 Å². The van der Waals surface area contributed by atoms with Crippen molar-refractivity contribution in [1.82, 2.24) is 0 Å². The van der Waals surface area contributed by atoms with Crippen LogP contribution in [0.15, 0.2) is 41.0 Å². The first-order chi connectivity index (χ1) is 8.66. The van der Waals surface area contributed by atoms with Gasteiger partial charge in [0.1, 0.15) is 4.90 Å². The van der Waals surface area contributed by atoms with Crippen LogP contribution in [-0.2, 0) is 14.3 Å². The van der Waals surface area contributed by atoms with Crippen LogP contribution in [0.1, 0.15) is 5.56 Å². The van der Waals surface area contributed by atoms with Gasteiger partial charge in [-0.1, -0.05) is 17.7 Å². The highest BCUT2D eigenvalue weighted by Gasteiger charge is 2.39. The number of alkyl halides is 3. The number of aliphatic hydroxyl groups is 1. The molecule has 0 bridgehead atoms. The van der Waals surface area contributed by atoms with Crippen molar-refractivity contribution >= 4 is 10.1 Å². The van der Waals surface area contributed by atoms with E-state index in [0.717, 1.165) is 17.7 Å². The van der Waals surface area contributed by atoms with Crippen molar-refractivity contribution in [3.05, 3.63) is 41.7 Å². The third kappa shape index (κ3) is 4.25. The Bertz CT molecular complexity index is 559. The maximum Gasteiger partial charge on any atom is 0.450 e. The van der Waals surface area contributed by atoms with E-state index < -0.39 is 33.6 Å². The largest absolute Gasteiger partial charge is 0.450 e. The summed E-state index contributed by atoms with van der Waals surface area (Å²) in [5, 5.41) is 8.45. The van der Waals surface area contributed by atoms with E-state index in [1.165, 1.54) is 12.1 Å². The van der Waals surface area contributed by atoms with Gasteiger partial charge >= 0.3 is 16.3 Å². The fourth-order valence-corrected chi connectivity index (χ4v) is 2.12. The molecule has 0 heterocycles. The summed E-state index contributed by atoms with van der Waals surface area (Å²) in [7, 11) is -4.58. The van der Waals surface area contributed by atoms with E-state index in [1.807, 2.05) is 0 Å². The van der Waals surface area contributed by atoms with E-state index in [9.17, 15) is 21.6 Å². The molecule has 0 radical (unpaired) electrons. The minimum atomic E-state index is -5.00. The van der Waals surface area contributed by atoms with Gasteiger partial charge in [-0.2, -0.15) is 21.6 Å². The van der Waals surface area contributed by atoms with E-state index in [4.69, 9.17) is 5.11 Å². The van der Waals surface area contributed by atoms with Crippen LogP contribution in [0.5, 0.6) is 0 Å². The van der Waals surface area contributed by atoms with E-state index in [0.29, 0.717) is 0 Å². The van der Waals surface area contributed by atoms with Crippen LogP contribution in [0.2, 0.25) is 0 Å². The van der Waals surface area contributed by atoms with Crippen molar-refractivity contribution in [2.24, 2.45) is 0 Å². The Morgan fingerprint density at radius 3 is 2.26 bits per heavy atom. The van der Waals surface area contributed by atoms with Gasteiger partial charge in [-0.15, -0.1) is 0 Å². The molecule has 0 aliphatic rings. The molecule has 1 aromatic rings. The zero-order chi connectivity index (χ0) is 14.7. The topological polar surface area (TPSA) is 63.6 Å². The van der Waals surface area contributed by atoms with Crippen molar-refractivity contribution in [2.75, 3.05) is 6.61 Å². The molecule has 8 heteroatoms. The smallest absolute Gasteiger partial charge is 0.392 e. The minimum Gasteiger partial charge on any atom is -0.392 e. The molecule has 19 heavy (non-hydrogen) atoms. The molecule has 0 spiro atoms. The Morgan fingerprint density at radius 1 is 1.32 bits per heavy atom. The van der Waals surface area contributed by atoms with Crippen LogP contribution in [0, 0.1) is 6.92 Å². The molecule has 1 aromatic carbocycles. The summed E-state index contributed by atoms with van der Waals surface area (Å²) in [6.07, 6.45) is -4.76. The fraction of sp³-hybridized carbons (Fsp3) is 0.273. The van der Waals surface area contributed by atoms with E-state index in [1.54, 1.807) is 6.92 Å². The average Bonchev–Trinajstić information content (AvgIpc) is 2.27. The molecule has 0 atom stereocenters. The van der Waals surface area contributed by atoms with Gasteiger partial charge in [0.15, 0.2) is 0 Å². The van der Waals surface area contributed by atoms with Crippen molar-refractivity contribution in [3.8, 4) is 0 Å². The Morgan fingerprint density at radius 2 is 1.84 bits per heavy atom. The molecule has 4 nitrogen and oxygen atoms in total. The van der Waals surface area contributed by atoms with Gasteiger partial charge < -0.3 is 9.29 Å². The number of hydrogen-bond acceptors (Lipinski definition) is 4. The van der Waals surface area contributed by atoms with Gasteiger partial charge in [0.05, 0.1) is 6.61 Å². The van der Waals surface area contributed by atoms with Crippen LogP contribution in [-0.4, -0.2) is 26.3 Å².